The molecule has 1 atom stereocenters. The first kappa shape index (κ1) is 13.3. The third-order valence-corrected chi connectivity index (χ3v) is 3.37. The average molecular weight is 263 g/mol. The van der Waals surface area contributed by atoms with Gasteiger partial charge in [-0.1, -0.05) is 6.07 Å². The minimum absolute atomic E-state index is 0.170. The van der Waals surface area contributed by atoms with Gasteiger partial charge >= 0.3 is 12.0 Å². The lowest BCUT2D eigenvalue weighted by atomic mass is 10.1. The highest BCUT2D eigenvalue weighted by atomic mass is 16.4. The fraction of sp³-hybridized carbons (Fsp3) is 0.462. The third-order valence-electron chi connectivity index (χ3n) is 3.37. The van der Waals surface area contributed by atoms with Crippen molar-refractivity contribution >= 4 is 12.0 Å². The van der Waals surface area contributed by atoms with Crippen LogP contribution in [0.4, 0.5) is 4.79 Å². The summed E-state index contributed by atoms with van der Waals surface area (Å²) in [6.07, 6.45) is 2.91. The van der Waals surface area contributed by atoms with Crippen molar-refractivity contribution < 1.29 is 14.7 Å². The minimum atomic E-state index is -0.842. The predicted octanol–water partition coefficient (Wildman–Crippen LogP) is 1.31. The Morgan fingerprint density at radius 3 is 2.74 bits per heavy atom. The van der Waals surface area contributed by atoms with Gasteiger partial charge in [-0.15, -0.1) is 0 Å². The van der Waals surface area contributed by atoms with Crippen molar-refractivity contribution in [3.8, 4) is 0 Å². The topological polar surface area (TPSA) is 91.3 Å². The number of aromatic nitrogens is 1. The highest BCUT2D eigenvalue weighted by molar-refractivity contribution is 5.80. The summed E-state index contributed by atoms with van der Waals surface area (Å²) in [5, 5.41) is 14.3. The van der Waals surface area contributed by atoms with Crippen molar-refractivity contribution in [2.45, 2.75) is 25.8 Å². The van der Waals surface area contributed by atoms with Crippen molar-refractivity contribution in [2.24, 2.45) is 5.41 Å². The van der Waals surface area contributed by atoms with Crippen LogP contribution in [0.15, 0.2) is 24.4 Å². The number of hydrogen-bond donors (Lipinski definition) is 3. The highest BCUT2D eigenvalue weighted by Crippen LogP contribution is 2.45. The SMILES string of the molecule is CC(NC(=O)NCC1(C(=O)O)CC1)c1ccccn1. The largest absolute Gasteiger partial charge is 0.481 e. The molecule has 6 heteroatoms. The number of nitrogens with one attached hydrogen (secondary N) is 2. The van der Waals surface area contributed by atoms with Crippen LogP contribution < -0.4 is 10.6 Å². The molecular formula is C13H17N3O3. The lowest BCUT2D eigenvalue weighted by Crippen LogP contribution is -2.41. The van der Waals surface area contributed by atoms with Gasteiger partial charge in [-0.05, 0) is 31.9 Å². The Morgan fingerprint density at radius 1 is 1.47 bits per heavy atom. The van der Waals surface area contributed by atoms with Crippen molar-refractivity contribution in [3.63, 3.8) is 0 Å². The number of hydrogen-bond acceptors (Lipinski definition) is 3. The molecule has 1 fully saturated rings. The second-order valence-electron chi connectivity index (χ2n) is 4.89. The van der Waals surface area contributed by atoms with E-state index < -0.39 is 11.4 Å². The third kappa shape index (κ3) is 3.21. The van der Waals surface area contributed by atoms with Gasteiger partial charge in [0.25, 0.3) is 0 Å². The summed E-state index contributed by atoms with van der Waals surface area (Å²) in [6.45, 7) is 2.00. The molecule has 1 aliphatic carbocycles. The van der Waals surface area contributed by atoms with Gasteiger partial charge < -0.3 is 15.7 Å². The van der Waals surface area contributed by atoms with Crippen LogP contribution in [0, 0.1) is 5.41 Å². The molecule has 2 rings (SSSR count). The Bertz CT molecular complexity index is 471. The fourth-order valence-electron chi connectivity index (χ4n) is 1.82. The monoisotopic (exact) mass is 263 g/mol. The molecule has 1 aliphatic rings. The van der Waals surface area contributed by atoms with Gasteiger partial charge in [0.2, 0.25) is 0 Å². The number of carbonyl (C=O) groups excluding carboxylic acids is 1. The first-order valence-corrected chi connectivity index (χ1v) is 6.22. The standard InChI is InChI=1S/C13H17N3O3/c1-9(10-4-2-3-7-14-10)16-12(19)15-8-13(5-6-13)11(17)18/h2-4,7,9H,5-6,8H2,1H3,(H,17,18)(H2,15,16,19). The number of rotatable bonds is 5. The van der Waals surface area contributed by atoms with E-state index in [4.69, 9.17) is 5.11 Å². The molecule has 1 saturated carbocycles. The normalized spacial score (nSPS) is 17.3. The number of carboxylic acid groups (broad SMARTS) is 1. The van der Waals surface area contributed by atoms with E-state index in [2.05, 4.69) is 15.6 Å². The minimum Gasteiger partial charge on any atom is -0.481 e. The van der Waals surface area contributed by atoms with E-state index in [9.17, 15) is 9.59 Å². The Hall–Kier alpha value is -2.11. The van der Waals surface area contributed by atoms with Crippen LogP contribution in [-0.2, 0) is 4.79 Å². The maximum Gasteiger partial charge on any atom is 0.315 e. The maximum absolute atomic E-state index is 11.7. The van der Waals surface area contributed by atoms with Crippen molar-refractivity contribution in [2.75, 3.05) is 6.54 Å². The quantitative estimate of drug-likeness (QED) is 0.747. The van der Waals surface area contributed by atoms with Gasteiger partial charge in [-0.3, -0.25) is 9.78 Å². The average Bonchev–Trinajstić information content (AvgIpc) is 3.18. The molecular weight excluding hydrogens is 246 g/mol. The zero-order valence-corrected chi connectivity index (χ0v) is 10.7. The molecule has 0 bridgehead atoms. The molecule has 0 saturated heterocycles. The summed E-state index contributed by atoms with van der Waals surface area (Å²) in [5.41, 5.74) is 0.0167. The number of carbonyl (C=O) groups is 2. The zero-order chi connectivity index (χ0) is 13.9. The second kappa shape index (κ2) is 5.26. The maximum atomic E-state index is 11.7. The molecule has 1 aromatic rings. The van der Waals surface area contributed by atoms with E-state index >= 15 is 0 Å². The molecule has 102 valence electrons. The second-order valence-corrected chi connectivity index (χ2v) is 4.89. The predicted molar refractivity (Wildman–Crippen MR) is 68.5 cm³/mol. The van der Waals surface area contributed by atoms with Gasteiger partial charge in [-0.25, -0.2) is 4.79 Å². The summed E-state index contributed by atoms with van der Waals surface area (Å²) < 4.78 is 0. The summed E-state index contributed by atoms with van der Waals surface area (Å²) in [7, 11) is 0. The number of amides is 2. The van der Waals surface area contributed by atoms with Gasteiger partial charge in [0.05, 0.1) is 17.2 Å². The Balaban J connectivity index is 1.80. The van der Waals surface area contributed by atoms with Crippen LogP contribution in [-0.4, -0.2) is 28.6 Å². The first-order valence-electron chi connectivity index (χ1n) is 6.22. The molecule has 1 aromatic heterocycles. The molecule has 0 spiro atoms. The number of urea groups is 1. The summed E-state index contributed by atoms with van der Waals surface area (Å²) in [5.74, 6) is -0.842. The molecule has 0 aromatic carbocycles. The molecule has 0 aliphatic heterocycles. The Kier molecular flexibility index (Phi) is 3.69. The van der Waals surface area contributed by atoms with Crippen molar-refractivity contribution in [1.82, 2.24) is 15.6 Å². The number of aliphatic carboxylic acids is 1. The molecule has 6 nitrogen and oxygen atoms in total. The number of carboxylic acids is 1. The van der Waals surface area contributed by atoms with Crippen LogP contribution in [0.25, 0.3) is 0 Å². The van der Waals surface area contributed by atoms with E-state index in [0.717, 1.165) is 5.69 Å². The molecule has 1 unspecified atom stereocenters. The van der Waals surface area contributed by atoms with Crippen LogP contribution in [0.5, 0.6) is 0 Å². The zero-order valence-electron chi connectivity index (χ0n) is 10.7. The molecule has 19 heavy (non-hydrogen) atoms. The molecule has 0 radical (unpaired) electrons. The van der Waals surface area contributed by atoms with Crippen LogP contribution in [0.3, 0.4) is 0 Å². The first-order chi connectivity index (χ1) is 9.03. The van der Waals surface area contributed by atoms with Gasteiger partial charge in [0.1, 0.15) is 0 Å². The highest BCUT2D eigenvalue weighted by Gasteiger charge is 2.50. The van der Waals surface area contributed by atoms with Crippen LogP contribution >= 0.6 is 0 Å². The van der Waals surface area contributed by atoms with E-state index in [-0.39, 0.29) is 18.6 Å². The summed E-state index contributed by atoms with van der Waals surface area (Å²) in [6, 6.07) is 4.89. The van der Waals surface area contributed by atoms with Crippen LogP contribution in [0.1, 0.15) is 31.5 Å². The Morgan fingerprint density at radius 2 is 2.21 bits per heavy atom. The lowest BCUT2D eigenvalue weighted by molar-refractivity contribution is -0.143. The van der Waals surface area contributed by atoms with Gasteiger partial charge in [-0.2, -0.15) is 0 Å². The molecule has 2 amide bonds. The molecule has 3 N–H and O–H groups in total. The smallest absolute Gasteiger partial charge is 0.315 e. The number of nitrogens with zero attached hydrogens (tertiary/aromatic N) is 1. The summed E-state index contributed by atoms with van der Waals surface area (Å²) in [4.78, 5) is 26.8. The fourth-order valence-corrected chi connectivity index (χ4v) is 1.82. The van der Waals surface area contributed by atoms with E-state index in [1.54, 1.807) is 12.3 Å². The lowest BCUT2D eigenvalue weighted by Gasteiger charge is -2.16. The van der Waals surface area contributed by atoms with Crippen molar-refractivity contribution in [1.29, 1.82) is 0 Å². The van der Waals surface area contributed by atoms with E-state index in [1.807, 2.05) is 19.1 Å². The number of pyridine rings is 1. The Labute approximate surface area is 111 Å². The van der Waals surface area contributed by atoms with Crippen LogP contribution in [0.2, 0.25) is 0 Å². The van der Waals surface area contributed by atoms with Gasteiger partial charge in [0.15, 0.2) is 0 Å². The summed E-state index contributed by atoms with van der Waals surface area (Å²) >= 11 is 0. The van der Waals surface area contributed by atoms with E-state index in [1.165, 1.54) is 0 Å². The van der Waals surface area contributed by atoms with Gasteiger partial charge in [0, 0.05) is 12.7 Å². The van der Waals surface area contributed by atoms with E-state index in [0.29, 0.717) is 12.8 Å². The molecule has 1 heterocycles. The van der Waals surface area contributed by atoms with Crippen molar-refractivity contribution in [3.05, 3.63) is 30.1 Å².